The Labute approximate surface area is 103 Å². The van der Waals surface area contributed by atoms with Gasteiger partial charge in [0.05, 0.1) is 4.92 Å². The molecule has 1 aromatic carbocycles. The highest BCUT2D eigenvalue weighted by Gasteiger charge is 2.26. The first-order valence-corrected chi connectivity index (χ1v) is 6.78. The van der Waals surface area contributed by atoms with Crippen molar-refractivity contribution in [3.63, 3.8) is 0 Å². The summed E-state index contributed by atoms with van der Waals surface area (Å²) >= 11 is 0. The molecule has 0 aliphatic heterocycles. The van der Waals surface area contributed by atoms with Crippen LogP contribution >= 0.6 is 0 Å². The maximum Gasteiger partial charge on any atom is 0.313 e. The number of nitrogens with zero attached hydrogens (tertiary/aromatic N) is 3. The number of rotatable bonds is 3. The summed E-state index contributed by atoms with van der Waals surface area (Å²) in [5, 5.41) is 15.0. The Kier molecular flexibility index (Phi) is 2.87. The van der Waals surface area contributed by atoms with Gasteiger partial charge in [-0.1, -0.05) is 6.07 Å². The third-order valence-electron chi connectivity index (χ3n) is 2.31. The van der Waals surface area contributed by atoms with E-state index >= 15 is 0 Å². The molecule has 0 unspecified atom stereocenters. The van der Waals surface area contributed by atoms with E-state index in [4.69, 9.17) is 0 Å². The van der Waals surface area contributed by atoms with Crippen molar-refractivity contribution in [2.75, 3.05) is 6.26 Å². The van der Waals surface area contributed by atoms with Crippen LogP contribution in [0.2, 0.25) is 0 Å². The summed E-state index contributed by atoms with van der Waals surface area (Å²) in [6.45, 7) is 0. The summed E-state index contributed by atoms with van der Waals surface area (Å²) in [4.78, 5) is 10.1. The van der Waals surface area contributed by atoms with Crippen LogP contribution < -0.4 is 0 Å². The van der Waals surface area contributed by atoms with E-state index in [2.05, 4.69) is 5.10 Å². The highest BCUT2D eigenvalue weighted by atomic mass is 32.2. The predicted molar refractivity (Wildman–Crippen MR) is 63.3 cm³/mol. The largest absolute Gasteiger partial charge is 0.313 e. The lowest BCUT2D eigenvalue weighted by Crippen LogP contribution is -2.07. The van der Waals surface area contributed by atoms with Gasteiger partial charge in [-0.05, 0) is 18.2 Å². The van der Waals surface area contributed by atoms with Crippen molar-refractivity contribution in [2.45, 2.75) is 4.90 Å². The van der Waals surface area contributed by atoms with Gasteiger partial charge in [0.15, 0.2) is 9.84 Å². The van der Waals surface area contributed by atoms with Crippen LogP contribution in [0.1, 0.15) is 0 Å². The van der Waals surface area contributed by atoms with Crippen molar-refractivity contribution in [3.8, 4) is 5.69 Å². The molecule has 0 aliphatic rings. The lowest BCUT2D eigenvalue weighted by atomic mass is 10.2. The molecule has 0 N–H and O–H groups in total. The molecule has 94 valence electrons. The molecule has 0 radical (unpaired) electrons. The molecule has 7 nitrogen and oxygen atoms in total. The summed E-state index contributed by atoms with van der Waals surface area (Å²) < 4.78 is 24.3. The molecular weight excluding hydrogens is 258 g/mol. The molecular formula is C10H9N3O4S. The SMILES string of the molecule is CS(=O)(=O)c1cccc(-n2cccn2)c1[N+](=O)[O-]. The van der Waals surface area contributed by atoms with E-state index in [-0.39, 0.29) is 10.6 Å². The van der Waals surface area contributed by atoms with Crippen molar-refractivity contribution in [1.82, 2.24) is 9.78 Å². The predicted octanol–water partition coefficient (Wildman–Crippen LogP) is 1.18. The number of benzene rings is 1. The molecule has 0 amide bonds. The fourth-order valence-corrected chi connectivity index (χ4v) is 2.45. The van der Waals surface area contributed by atoms with E-state index in [1.54, 1.807) is 6.07 Å². The van der Waals surface area contributed by atoms with Crippen LogP contribution in [0.4, 0.5) is 5.69 Å². The molecule has 0 saturated carbocycles. The molecule has 1 heterocycles. The number of nitro groups is 1. The van der Waals surface area contributed by atoms with Gasteiger partial charge >= 0.3 is 5.69 Å². The zero-order chi connectivity index (χ0) is 13.3. The van der Waals surface area contributed by atoms with Crippen LogP contribution in [-0.2, 0) is 9.84 Å². The van der Waals surface area contributed by atoms with Crippen molar-refractivity contribution >= 4 is 15.5 Å². The summed E-state index contributed by atoms with van der Waals surface area (Å²) in [5.74, 6) is 0. The Hall–Kier alpha value is -2.22. The fourth-order valence-electron chi connectivity index (χ4n) is 1.59. The lowest BCUT2D eigenvalue weighted by Gasteiger charge is -2.06. The molecule has 0 saturated heterocycles. The minimum absolute atomic E-state index is 0.118. The van der Waals surface area contributed by atoms with Gasteiger partial charge in [0.2, 0.25) is 0 Å². The lowest BCUT2D eigenvalue weighted by molar-refractivity contribution is -0.387. The van der Waals surface area contributed by atoms with Gasteiger partial charge in [-0.15, -0.1) is 0 Å². The second kappa shape index (κ2) is 4.22. The minimum Gasteiger partial charge on any atom is -0.258 e. The maximum absolute atomic E-state index is 11.5. The summed E-state index contributed by atoms with van der Waals surface area (Å²) in [6.07, 6.45) is 3.90. The van der Waals surface area contributed by atoms with Crippen LogP contribution in [0.25, 0.3) is 5.69 Å². The van der Waals surface area contributed by atoms with Crippen molar-refractivity contribution in [1.29, 1.82) is 0 Å². The van der Waals surface area contributed by atoms with Crippen LogP contribution in [0.15, 0.2) is 41.6 Å². The molecule has 2 aromatic rings. The Morgan fingerprint density at radius 2 is 2.06 bits per heavy atom. The Morgan fingerprint density at radius 3 is 2.56 bits per heavy atom. The number of hydrogen-bond donors (Lipinski definition) is 0. The van der Waals surface area contributed by atoms with Crippen molar-refractivity contribution in [3.05, 3.63) is 46.8 Å². The van der Waals surface area contributed by atoms with Crippen LogP contribution in [0.3, 0.4) is 0 Å². The quantitative estimate of drug-likeness (QED) is 0.614. The average molecular weight is 267 g/mol. The zero-order valence-corrected chi connectivity index (χ0v) is 10.2. The van der Waals surface area contributed by atoms with Gasteiger partial charge in [0.1, 0.15) is 10.6 Å². The topological polar surface area (TPSA) is 95.1 Å². The van der Waals surface area contributed by atoms with E-state index in [1.807, 2.05) is 0 Å². The van der Waals surface area contributed by atoms with Gasteiger partial charge in [-0.2, -0.15) is 5.10 Å². The molecule has 0 bridgehead atoms. The Morgan fingerprint density at radius 1 is 1.33 bits per heavy atom. The van der Waals surface area contributed by atoms with E-state index in [9.17, 15) is 18.5 Å². The molecule has 1 aromatic heterocycles. The molecule has 0 atom stereocenters. The van der Waals surface area contributed by atoms with Gasteiger partial charge in [-0.3, -0.25) is 10.1 Å². The third-order valence-corrected chi connectivity index (χ3v) is 3.44. The molecule has 8 heteroatoms. The van der Waals surface area contributed by atoms with Crippen molar-refractivity contribution in [2.24, 2.45) is 0 Å². The molecule has 0 aliphatic carbocycles. The number of sulfone groups is 1. The third kappa shape index (κ3) is 2.09. The number of hydrogen-bond acceptors (Lipinski definition) is 5. The van der Waals surface area contributed by atoms with Gasteiger partial charge in [0.25, 0.3) is 0 Å². The van der Waals surface area contributed by atoms with Gasteiger partial charge in [-0.25, -0.2) is 13.1 Å². The monoisotopic (exact) mass is 267 g/mol. The van der Waals surface area contributed by atoms with E-state index in [0.717, 1.165) is 6.26 Å². The Balaban J connectivity index is 2.81. The number of nitro benzene ring substituents is 1. The summed E-state index contributed by atoms with van der Waals surface area (Å²) in [5.41, 5.74) is -0.350. The maximum atomic E-state index is 11.5. The van der Waals surface area contributed by atoms with Crippen LogP contribution in [-0.4, -0.2) is 29.4 Å². The van der Waals surface area contributed by atoms with Crippen molar-refractivity contribution < 1.29 is 13.3 Å². The second-order valence-electron chi connectivity index (χ2n) is 3.60. The van der Waals surface area contributed by atoms with Gasteiger partial charge < -0.3 is 0 Å². The first-order valence-electron chi connectivity index (χ1n) is 4.89. The first-order chi connectivity index (χ1) is 8.41. The van der Waals surface area contributed by atoms with E-state index in [1.165, 1.54) is 35.3 Å². The zero-order valence-electron chi connectivity index (χ0n) is 9.35. The normalized spacial score (nSPS) is 11.4. The standard InChI is InChI=1S/C10H9N3O4S/c1-18(16,17)9-5-2-4-8(10(9)13(14)15)12-7-3-6-11-12/h2-7H,1H3. The highest BCUT2D eigenvalue weighted by Crippen LogP contribution is 2.30. The van der Waals surface area contributed by atoms with Crippen LogP contribution in [0, 0.1) is 10.1 Å². The van der Waals surface area contributed by atoms with Crippen LogP contribution in [0.5, 0.6) is 0 Å². The first kappa shape index (κ1) is 12.2. The molecule has 0 fully saturated rings. The molecule has 2 rings (SSSR count). The van der Waals surface area contributed by atoms with E-state index in [0.29, 0.717) is 0 Å². The Bertz CT molecular complexity index is 692. The molecule has 0 spiro atoms. The smallest absolute Gasteiger partial charge is 0.258 e. The fraction of sp³-hybridized carbons (Fsp3) is 0.100. The average Bonchev–Trinajstić information content (AvgIpc) is 2.80. The highest BCUT2D eigenvalue weighted by molar-refractivity contribution is 7.90. The van der Waals surface area contributed by atoms with E-state index < -0.39 is 20.4 Å². The molecule has 18 heavy (non-hydrogen) atoms. The number of aromatic nitrogens is 2. The van der Waals surface area contributed by atoms with Gasteiger partial charge in [0, 0.05) is 18.6 Å². The second-order valence-corrected chi connectivity index (χ2v) is 5.59. The summed E-state index contributed by atoms with van der Waals surface area (Å²) in [6, 6.07) is 5.69. The number of para-hydroxylation sites is 1. The summed E-state index contributed by atoms with van der Waals surface area (Å²) in [7, 11) is -3.67. The minimum atomic E-state index is -3.67.